The van der Waals surface area contributed by atoms with Gasteiger partial charge in [0.2, 0.25) is 12.4 Å². The van der Waals surface area contributed by atoms with Crippen molar-refractivity contribution in [1.82, 2.24) is 4.98 Å². The molecule has 0 saturated carbocycles. The molecule has 0 saturated heterocycles. The van der Waals surface area contributed by atoms with Crippen LogP contribution in [0.1, 0.15) is 19.8 Å². The molecule has 3 heteroatoms. The van der Waals surface area contributed by atoms with E-state index in [4.69, 9.17) is 4.84 Å². The summed E-state index contributed by atoms with van der Waals surface area (Å²) < 4.78 is 1.67. The average molecular weight is 153 g/mol. The summed E-state index contributed by atoms with van der Waals surface area (Å²) >= 11 is 0. The van der Waals surface area contributed by atoms with Crippen LogP contribution in [0.4, 0.5) is 0 Å². The molecular weight excluding hydrogens is 140 g/mol. The Hall–Kier alpha value is -1.12. The van der Waals surface area contributed by atoms with Crippen LogP contribution >= 0.6 is 0 Å². The third kappa shape index (κ3) is 2.98. The van der Waals surface area contributed by atoms with Crippen molar-refractivity contribution < 1.29 is 9.57 Å². The minimum atomic E-state index is 0.769. The van der Waals surface area contributed by atoms with Gasteiger partial charge in [0.1, 0.15) is 0 Å². The average Bonchev–Trinajstić information content (AvgIpc) is 2.07. The van der Waals surface area contributed by atoms with E-state index in [0.29, 0.717) is 0 Å². The second kappa shape index (κ2) is 4.66. The van der Waals surface area contributed by atoms with Gasteiger partial charge in [-0.3, -0.25) is 9.82 Å². The van der Waals surface area contributed by atoms with Crippen LogP contribution in [0.2, 0.25) is 0 Å². The monoisotopic (exact) mass is 153 g/mol. The summed E-state index contributed by atoms with van der Waals surface area (Å²) in [6, 6.07) is 0. The highest BCUT2D eigenvalue weighted by atomic mass is 16.7. The fourth-order valence-corrected chi connectivity index (χ4v) is 0.708. The highest BCUT2D eigenvalue weighted by molar-refractivity contribution is 4.61. The number of hydrogen-bond donors (Lipinski definition) is 0. The number of aromatic nitrogens is 2. The van der Waals surface area contributed by atoms with Crippen molar-refractivity contribution in [3.05, 3.63) is 24.8 Å². The lowest BCUT2D eigenvalue weighted by Gasteiger charge is -1.94. The zero-order valence-electron chi connectivity index (χ0n) is 6.73. The summed E-state index contributed by atoms with van der Waals surface area (Å²) in [7, 11) is 0. The number of hydrogen-bond acceptors (Lipinski definition) is 2. The van der Waals surface area contributed by atoms with Crippen molar-refractivity contribution >= 4 is 0 Å². The Morgan fingerprint density at radius 2 is 2.09 bits per heavy atom. The van der Waals surface area contributed by atoms with E-state index in [-0.39, 0.29) is 0 Å². The number of rotatable bonds is 4. The van der Waals surface area contributed by atoms with Crippen LogP contribution in [-0.2, 0) is 0 Å². The van der Waals surface area contributed by atoms with Crippen LogP contribution in [0.25, 0.3) is 0 Å². The Kier molecular flexibility index (Phi) is 3.38. The van der Waals surface area contributed by atoms with Gasteiger partial charge in [0.05, 0.1) is 12.4 Å². The molecule has 0 aliphatic rings. The number of nitrogens with zero attached hydrogens (tertiary/aromatic N) is 2. The van der Waals surface area contributed by atoms with Gasteiger partial charge in [0.25, 0.3) is 0 Å². The quantitative estimate of drug-likeness (QED) is 0.467. The van der Waals surface area contributed by atoms with E-state index in [1.54, 1.807) is 29.5 Å². The first-order chi connectivity index (χ1) is 5.43. The van der Waals surface area contributed by atoms with Crippen molar-refractivity contribution in [2.45, 2.75) is 19.8 Å². The maximum atomic E-state index is 5.32. The van der Waals surface area contributed by atoms with E-state index < -0.39 is 0 Å². The van der Waals surface area contributed by atoms with Crippen molar-refractivity contribution in [2.75, 3.05) is 6.61 Å². The van der Waals surface area contributed by atoms with Crippen molar-refractivity contribution in [3.63, 3.8) is 0 Å². The second-order valence-corrected chi connectivity index (χ2v) is 2.29. The van der Waals surface area contributed by atoms with Crippen LogP contribution in [0.3, 0.4) is 0 Å². The van der Waals surface area contributed by atoms with Crippen LogP contribution in [0, 0.1) is 0 Å². The minimum absolute atomic E-state index is 0.769. The van der Waals surface area contributed by atoms with E-state index in [0.717, 1.165) is 19.4 Å². The first-order valence-electron chi connectivity index (χ1n) is 3.88. The molecule has 0 fully saturated rings. The predicted molar refractivity (Wildman–Crippen MR) is 40.8 cm³/mol. The fourth-order valence-electron chi connectivity index (χ4n) is 0.708. The molecule has 0 unspecified atom stereocenters. The fraction of sp³-hybridized carbons (Fsp3) is 0.500. The van der Waals surface area contributed by atoms with E-state index in [1.807, 2.05) is 0 Å². The van der Waals surface area contributed by atoms with Crippen LogP contribution in [0.15, 0.2) is 24.8 Å². The van der Waals surface area contributed by atoms with Crippen LogP contribution < -0.4 is 9.57 Å². The first kappa shape index (κ1) is 7.98. The van der Waals surface area contributed by atoms with Gasteiger partial charge in [-0.25, -0.2) is 0 Å². The lowest BCUT2D eigenvalue weighted by molar-refractivity contribution is -0.891. The maximum absolute atomic E-state index is 5.32. The Balaban J connectivity index is 2.28. The third-order valence-corrected chi connectivity index (χ3v) is 1.34. The summed E-state index contributed by atoms with van der Waals surface area (Å²) in [6.07, 6.45) is 9.23. The van der Waals surface area contributed by atoms with Gasteiger partial charge in [0, 0.05) is 4.73 Å². The zero-order chi connectivity index (χ0) is 7.94. The van der Waals surface area contributed by atoms with Gasteiger partial charge < -0.3 is 0 Å². The van der Waals surface area contributed by atoms with Gasteiger partial charge >= 0.3 is 0 Å². The van der Waals surface area contributed by atoms with E-state index in [9.17, 15) is 0 Å². The molecule has 1 aromatic heterocycles. The highest BCUT2D eigenvalue weighted by Crippen LogP contribution is 1.81. The van der Waals surface area contributed by atoms with Gasteiger partial charge in [-0.2, -0.15) is 0 Å². The van der Waals surface area contributed by atoms with Crippen molar-refractivity contribution in [2.24, 2.45) is 0 Å². The minimum Gasteiger partial charge on any atom is -0.271 e. The normalized spacial score (nSPS) is 9.55. The molecule has 1 heterocycles. The van der Waals surface area contributed by atoms with Gasteiger partial charge in [-0.15, -0.1) is 0 Å². The Bertz CT molecular complexity index is 189. The van der Waals surface area contributed by atoms with Gasteiger partial charge in [-0.05, 0) is 6.42 Å². The first-order valence-corrected chi connectivity index (χ1v) is 3.88. The highest BCUT2D eigenvalue weighted by Gasteiger charge is 1.96. The lowest BCUT2D eigenvalue weighted by Crippen LogP contribution is -2.42. The molecule has 3 nitrogen and oxygen atoms in total. The van der Waals surface area contributed by atoms with E-state index in [2.05, 4.69) is 11.9 Å². The summed E-state index contributed by atoms with van der Waals surface area (Å²) in [5.74, 6) is 0. The molecule has 1 aromatic rings. The number of unbranched alkanes of at least 4 members (excludes halogenated alkanes) is 1. The molecule has 0 radical (unpaired) electrons. The molecule has 0 atom stereocenters. The Labute approximate surface area is 66.6 Å². The smallest absolute Gasteiger partial charge is 0.240 e. The Morgan fingerprint density at radius 1 is 1.36 bits per heavy atom. The molecule has 0 N–H and O–H groups in total. The molecule has 0 aliphatic carbocycles. The molecule has 60 valence electrons. The summed E-state index contributed by atoms with van der Waals surface area (Å²) in [6.45, 7) is 2.91. The summed E-state index contributed by atoms with van der Waals surface area (Å²) in [5.41, 5.74) is 0. The largest absolute Gasteiger partial charge is 0.271 e. The van der Waals surface area contributed by atoms with Crippen LogP contribution in [0.5, 0.6) is 0 Å². The second-order valence-electron chi connectivity index (χ2n) is 2.29. The lowest BCUT2D eigenvalue weighted by atomic mass is 10.4. The predicted octanol–water partition coefficient (Wildman–Crippen LogP) is 0.598. The van der Waals surface area contributed by atoms with Gasteiger partial charge in [-0.1, -0.05) is 13.3 Å². The molecule has 0 bridgehead atoms. The van der Waals surface area contributed by atoms with Crippen LogP contribution in [-0.4, -0.2) is 11.6 Å². The van der Waals surface area contributed by atoms with Crippen molar-refractivity contribution in [3.8, 4) is 0 Å². The molecular formula is C8H13N2O+. The Morgan fingerprint density at radius 3 is 2.73 bits per heavy atom. The molecule has 0 aliphatic heterocycles. The SMILES string of the molecule is CCCCO[n+]1ccncc1. The molecule has 11 heavy (non-hydrogen) atoms. The third-order valence-electron chi connectivity index (χ3n) is 1.34. The molecule has 0 spiro atoms. The summed E-state index contributed by atoms with van der Waals surface area (Å²) in [4.78, 5) is 9.20. The topological polar surface area (TPSA) is 26.0 Å². The van der Waals surface area contributed by atoms with Crippen molar-refractivity contribution in [1.29, 1.82) is 0 Å². The maximum Gasteiger partial charge on any atom is 0.240 e. The van der Waals surface area contributed by atoms with Gasteiger partial charge in [0.15, 0.2) is 6.61 Å². The standard InChI is InChI=1S/C8H13N2O/c1-2-3-8-11-10-6-4-9-5-7-10/h4-7H,2-3,8H2,1H3/q+1. The van der Waals surface area contributed by atoms with E-state index >= 15 is 0 Å². The molecule has 0 aromatic carbocycles. The molecule has 0 amide bonds. The zero-order valence-corrected chi connectivity index (χ0v) is 6.73. The summed E-state index contributed by atoms with van der Waals surface area (Å²) in [5, 5.41) is 0. The van der Waals surface area contributed by atoms with E-state index in [1.165, 1.54) is 0 Å². The molecule has 1 rings (SSSR count).